The number of halogens is 6. The number of benzene rings is 2. The number of carbonyl (C=O) groups is 2. The van der Waals surface area contributed by atoms with Crippen molar-refractivity contribution in [3.8, 4) is 11.4 Å². The standard InChI is InChI=1S/C35H42F6N8O3/c36-34(37,38)27-19-22(20-28(30(27)42)35(39,40)41)18-24(32(51)48-14-6-25(7-15-48)46-16-10-43-11-17-46)21-29(50)47-12-8-26(9-13-47)49-33(52)44-31(45-49)23-4-2-1-3-5-23/h1-5,19-20,24-26,43H,6-18,21,42H2,(H,44,45,52)/t24-/m0/s1. The Morgan fingerprint density at radius 1 is 0.827 bits per heavy atom. The molecule has 2 aromatic carbocycles. The second-order valence-corrected chi connectivity index (χ2v) is 13.7. The van der Waals surface area contributed by atoms with Gasteiger partial charge in [0.2, 0.25) is 11.8 Å². The van der Waals surface area contributed by atoms with E-state index in [1.54, 1.807) is 4.90 Å². The second-order valence-electron chi connectivity index (χ2n) is 13.7. The number of H-pyrrole nitrogens is 1. The van der Waals surface area contributed by atoms with Crippen LogP contribution >= 0.6 is 0 Å². The summed E-state index contributed by atoms with van der Waals surface area (Å²) in [5.41, 5.74) is 0.603. The lowest BCUT2D eigenvalue weighted by atomic mass is 9.90. The van der Waals surface area contributed by atoms with Crippen LogP contribution in [0, 0.1) is 5.92 Å². The molecule has 0 radical (unpaired) electrons. The van der Waals surface area contributed by atoms with E-state index in [1.807, 2.05) is 30.3 Å². The number of anilines is 1. The topological polar surface area (TPSA) is 133 Å². The molecule has 4 N–H and O–H groups in total. The minimum absolute atomic E-state index is 0.221. The molecule has 282 valence electrons. The number of nitrogens with zero attached hydrogens (tertiary/aromatic N) is 5. The monoisotopic (exact) mass is 736 g/mol. The molecule has 2 amide bonds. The number of hydrogen-bond acceptors (Lipinski definition) is 7. The van der Waals surface area contributed by atoms with Gasteiger partial charge in [0.25, 0.3) is 0 Å². The van der Waals surface area contributed by atoms with Crippen molar-refractivity contribution in [1.82, 2.24) is 34.8 Å². The van der Waals surface area contributed by atoms with Crippen LogP contribution < -0.4 is 16.7 Å². The Balaban J connectivity index is 1.19. The summed E-state index contributed by atoms with van der Waals surface area (Å²) in [6, 6.07) is 10.1. The van der Waals surface area contributed by atoms with Crippen molar-refractivity contribution in [2.24, 2.45) is 5.92 Å². The predicted molar refractivity (Wildman–Crippen MR) is 180 cm³/mol. The molecule has 0 aliphatic carbocycles. The molecular formula is C35H42F6N8O3. The Morgan fingerprint density at radius 3 is 1.96 bits per heavy atom. The number of piperazine rings is 1. The quantitative estimate of drug-likeness (QED) is 0.234. The first kappa shape index (κ1) is 37.4. The normalized spacial score (nSPS) is 19.2. The zero-order valence-corrected chi connectivity index (χ0v) is 28.5. The Labute approximate surface area is 296 Å². The lowest BCUT2D eigenvalue weighted by molar-refractivity contribution is -0.143. The number of aromatic amines is 1. The first-order valence-corrected chi connectivity index (χ1v) is 17.5. The maximum atomic E-state index is 14.0. The van der Waals surface area contributed by atoms with Gasteiger partial charge in [0.1, 0.15) is 0 Å². The van der Waals surface area contributed by atoms with Gasteiger partial charge in [-0.1, -0.05) is 30.3 Å². The molecule has 3 fully saturated rings. The fourth-order valence-electron chi connectivity index (χ4n) is 7.60. The summed E-state index contributed by atoms with van der Waals surface area (Å²) in [6.07, 6.45) is -9.19. The van der Waals surface area contributed by atoms with Gasteiger partial charge in [-0.05, 0) is 49.8 Å². The fraction of sp³-hybridized carbons (Fsp3) is 0.543. The minimum Gasteiger partial charge on any atom is -0.398 e. The summed E-state index contributed by atoms with van der Waals surface area (Å²) >= 11 is 0. The number of rotatable bonds is 8. The van der Waals surface area contributed by atoms with E-state index in [4.69, 9.17) is 5.73 Å². The highest BCUT2D eigenvalue weighted by atomic mass is 19.4. The van der Waals surface area contributed by atoms with Gasteiger partial charge in [-0.15, -0.1) is 5.10 Å². The number of nitrogens with one attached hydrogen (secondary N) is 2. The largest absolute Gasteiger partial charge is 0.418 e. The van der Waals surface area contributed by atoms with Crippen LogP contribution in [0.4, 0.5) is 32.0 Å². The summed E-state index contributed by atoms with van der Waals surface area (Å²) < 4.78 is 84.6. The highest BCUT2D eigenvalue weighted by Crippen LogP contribution is 2.42. The molecule has 11 nitrogen and oxygen atoms in total. The van der Waals surface area contributed by atoms with Gasteiger partial charge in [0, 0.05) is 70.4 Å². The van der Waals surface area contributed by atoms with Crippen molar-refractivity contribution in [2.45, 2.75) is 63.0 Å². The lowest BCUT2D eigenvalue weighted by Crippen LogP contribution is -2.53. The molecule has 52 heavy (non-hydrogen) atoms. The number of alkyl halides is 6. The van der Waals surface area contributed by atoms with E-state index in [9.17, 15) is 40.7 Å². The van der Waals surface area contributed by atoms with Crippen LogP contribution in [0.15, 0.2) is 47.3 Å². The van der Waals surface area contributed by atoms with Crippen LogP contribution in [-0.4, -0.2) is 99.7 Å². The number of carbonyl (C=O) groups excluding carboxylic acids is 2. The number of nitrogen functional groups attached to an aromatic ring is 1. The van der Waals surface area contributed by atoms with Crippen LogP contribution in [0.25, 0.3) is 11.4 Å². The Kier molecular flexibility index (Phi) is 11.0. The SMILES string of the molecule is Nc1c(C(F)(F)F)cc(C[C@@H](CC(=O)N2CCC(n3nc(-c4ccccc4)[nH]c3=O)CC2)C(=O)N2CCC(N3CCNCC3)CC2)cc1C(F)(F)F. The molecule has 3 aliphatic rings. The van der Waals surface area contributed by atoms with E-state index >= 15 is 0 Å². The van der Waals surface area contributed by atoms with Crippen LogP contribution in [0.5, 0.6) is 0 Å². The lowest BCUT2D eigenvalue weighted by Gasteiger charge is -2.41. The van der Waals surface area contributed by atoms with Crippen molar-refractivity contribution in [3.63, 3.8) is 0 Å². The third-order valence-corrected chi connectivity index (χ3v) is 10.4. The molecular weight excluding hydrogens is 694 g/mol. The van der Waals surface area contributed by atoms with Gasteiger partial charge < -0.3 is 20.9 Å². The van der Waals surface area contributed by atoms with Gasteiger partial charge in [-0.25, -0.2) is 9.48 Å². The molecule has 3 aliphatic heterocycles. The van der Waals surface area contributed by atoms with E-state index in [0.29, 0.717) is 56.7 Å². The van der Waals surface area contributed by atoms with Crippen molar-refractivity contribution < 1.29 is 35.9 Å². The maximum Gasteiger partial charge on any atom is 0.418 e. The van der Waals surface area contributed by atoms with E-state index in [2.05, 4.69) is 20.3 Å². The summed E-state index contributed by atoms with van der Waals surface area (Å²) in [7, 11) is 0. The van der Waals surface area contributed by atoms with Crippen molar-refractivity contribution in [3.05, 3.63) is 69.6 Å². The highest BCUT2D eigenvalue weighted by Gasteiger charge is 2.42. The predicted octanol–water partition coefficient (Wildman–Crippen LogP) is 4.17. The molecule has 0 unspecified atom stereocenters. The second kappa shape index (κ2) is 15.3. The third kappa shape index (κ3) is 8.46. The van der Waals surface area contributed by atoms with E-state index < -0.39 is 65.4 Å². The zero-order chi connectivity index (χ0) is 37.2. The van der Waals surface area contributed by atoms with Crippen molar-refractivity contribution in [2.75, 3.05) is 58.1 Å². The first-order chi connectivity index (χ1) is 24.7. The van der Waals surface area contributed by atoms with E-state index in [-0.39, 0.29) is 30.7 Å². The van der Waals surface area contributed by atoms with E-state index in [1.165, 1.54) is 9.58 Å². The number of nitrogens with two attached hydrogens (primary N) is 1. The molecule has 3 saturated heterocycles. The number of likely N-dealkylation sites (tertiary alicyclic amines) is 2. The van der Waals surface area contributed by atoms with Crippen LogP contribution in [0.1, 0.15) is 54.8 Å². The molecule has 1 aromatic heterocycles. The molecule has 17 heteroatoms. The van der Waals surface area contributed by atoms with Gasteiger partial charge >= 0.3 is 18.0 Å². The van der Waals surface area contributed by atoms with Gasteiger partial charge in [-0.2, -0.15) is 26.3 Å². The number of aromatic nitrogens is 3. The molecule has 0 bridgehead atoms. The summed E-state index contributed by atoms with van der Waals surface area (Å²) in [4.78, 5) is 48.7. The summed E-state index contributed by atoms with van der Waals surface area (Å²) in [5.74, 6) is -1.74. The van der Waals surface area contributed by atoms with Gasteiger partial charge in [0.15, 0.2) is 5.82 Å². The average molecular weight is 737 g/mol. The molecule has 0 saturated carbocycles. The van der Waals surface area contributed by atoms with Crippen molar-refractivity contribution in [1.29, 1.82) is 0 Å². The highest BCUT2D eigenvalue weighted by molar-refractivity contribution is 5.86. The van der Waals surface area contributed by atoms with Crippen LogP contribution in [0.2, 0.25) is 0 Å². The Bertz CT molecular complexity index is 1740. The van der Waals surface area contributed by atoms with Gasteiger partial charge in [0.05, 0.1) is 28.8 Å². The summed E-state index contributed by atoms with van der Waals surface area (Å²) in [5, 5.41) is 7.76. The first-order valence-electron chi connectivity index (χ1n) is 17.5. The number of amides is 2. The van der Waals surface area contributed by atoms with Gasteiger partial charge in [-0.3, -0.25) is 19.5 Å². The smallest absolute Gasteiger partial charge is 0.398 e. The Morgan fingerprint density at radius 2 is 1.38 bits per heavy atom. The summed E-state index contributed by atoms with van der Waals surface area (Å²) in [6.45, 7) is 4.61. The zero-order valence-electron chi connectivity index (χ0n) is 28.5. The fourth-order valence-corrected chi connectivity index (χ4v) is 7.60. The number of hydrogen-bond donors (Lipinski definition) is 3. The number of piperidine rings is 2. The van der Waals surface area contributed by atoms with E-state index in [0.717, 1.165) is 31.7 Å². The third-order valence-electron chi connectivity index (χ3n) is 10.4. The molecule has 4 heterocycles. The van der Waals surface area contributed by atoms with Crippen molar-refractivity contribution >= 4 is 17.5 Å². The van der Waals surface area contributed by atoms with Crippen LogP contribution in [0.3, 0.4) is 0 Å². The minimum atomic E-state index is -5.18. The molecule has 3 aromatic rings. The molecule has 6 rings (SSSR count). The van der Waals surface area contributed by atoms with Crippen LogP contribution in [-0.2, 0) is 28.4 Å². The molecule has 1 atom stereocenters. The maximum absolute atomic E-state index is 14.0. The molecule has 0 spiro atoms. The Hall–Kier alpha value is -4.38. The average Bonchev–Trinajstić information content (AvgIpc) is 3.53.